The fourth-order valence-electron chi connectivity index (χ4n) is 5.04. The number of nitrogens with zero attached hydrogens (tertiary/aromatic N) is 1. The van der Waals surface area contributed by atoms with Gasteiger partial charge < -0.3 is 4.43 Å². The van der Waals surface area contributed by atoms with Crippen LogP contribution >= 0.6 is 11.8 Å². The first-order valence-electron chi connectivity index (χ1n) is 13.5. The molecule has 0 aliphatic carbocycles. The molecule has 1 saturated heterocycles. The number of thioether (sulfide) groups is 1. The Balaban J connectivity index is 1.88. The van der Waals surface area contributed by atoms with E-state index in [2.05, 4.69) is 20.8 Å². The summed E-state index contributed by atoms with van der Waals surface area (Å²) >= 11 is 1.13. The molecule has 0 spiro atoms. The van der Waals surface area contributed by atoms with Crippen LogP contribution in [0.3, 0.4) is 0 Å². The Morgan fingerprint density at radius 1 is 0.974 bits per heavy atom. The molecule has 11 heteroatoms. The van der Waals surface area contributed by atoms with Gasteiger partial charge in [-0.3, -0.25) is 4.79 Å². The van der Waals surface area contributed by atoms with Crippen molar-refractivity contribution in [3.63, 3.8) is 0 Å². The molecule has 0 radical (unpaired) electrons. The number of sulfone groups is 1. The monoisotopic (exact) mass is 611 g/mol. The number of benzene rings is 2. The van der Waals surface area contributed by atoms with Gasteiger partial charge in [-0.1, -0.05) is 69.3 Å². The zero-order chi connectivity index (χ0) is 29.0. The second kappa shape index (κ2) is 13.0. The summed E-state index contributed by atoms with van der Waals surface area (Å²) in [5.41, 5.74) is 1.78. The lowest BCUT2D eigenvalue weighted by Gasteiger charge is -2.36. The minimum absolute atomic E-state index is 0.186. The summed E-state index contributed by atoms with van der Waals surface area (Å²) < 4.78 is 59.1. The first-order chi connectivity index (χ1) is 18.3. The molecular formula is C28H41NO6S3Si. The van der Waals surface area contributed by atoms with E-state index in [0.29, 0.717) is 19.4 Å². The molecule has 2 aromatic rings. The smallest absolute Gasteiger partial charge is 0.243 e. The lowest BCUT2D eigenvalue weighted by molar-refractivity contribution is -0.113. The van der Waals surface area contributed by atoms with E-state index in [4.69, 9.17) is 4.43 Å². The summed E-state index contributed by atoms with van der Waals surface area (Å²) in [6, 6.07) is 15.5. The Morgan fingerprint density at radius 3 is 2.03 bits per heavy atom. The molecule has 0 aromatic heterocycles. The van der Waals surface area contributed by atoms with E-state index < -0.39 is 40.3 Å². The Bertz CT molecular complexity index is 1330. The number of sulfonamides is 1. The van der Waals surface area contributed by atoms with Crippen LogP contribution in [-0.4, -0.2) is 58.7 Å². The molecule has 216 valence electrons. The molecule has 0 bridgehead atoms. The van der Waals surface area contributed by atoms with Crippen LogP contribution in [0.2, 0.25) is 18.1 Å². The molecule has 1 aliphatic heterocycles. The molecule has 3 rings (SSSR count). The van der Waals surface area contributed by atoms with Crippen molar-refractivity contribution in [1.29, 1.82) is 0 Å². The summed E-state index contributed by atoms with van der Waals surface area (Å²) in [4.78, 5) is 14.1. The molecule has 7 nitrogen and oxygen atoms in total. The number of hydrogen-bond acceptors (Lipinski definition) is 7. The fourth-order valence-corrected chi connectivity index (χ4v) is 11.5. The van der Waals surface area contributed by atoms with Crippen LogP contribution in [0, 0.1) is 6.92 Å². The lowest BCUT2D eigenvalue weighted by atomic mass is 10.1. The minimum Gasteiger partial charge on any atom is -0.409 e. The molecule has 2 unspecified atom stereocenters. The summed E-state index contributed by atoms with van der Waals surface area (Å²) in [6.07, 6.45) is 1.85. The van der Waals surface area contributed by atoms with Crippen molar-refractivity contribution < 1.29 is 26.1 Å². The third kappa shape index (κ3) is 7.42. The van der Waals surface area contributed by atoms with E-state index in [9.17, 15) is 21.6 Å². The summed E-state index contributed by atoms with van der Waals surface area (Å²) in [5.74, 6) is 0. The van der Waals surface area contributed by atoms with Gasteiger partial charge in [0.2, 0.25) is 15.1 Å². The van der Waals surface area contributed by atoms with Gasteiger partial charge in [-0.15, -0.1) is 0 Å². The van der Waals surface area contributed by atoms with Crippen LogP contribution in [0.25, 0.3) is 0 Å². The molecule has 0 saturated carbocycles. The second-order valence-corrected chi connectivity index (χ2v) is 20.4. The third-order valence-electron chi connectivity index (χ3n) is 7.78. The Hall–Kier alpha value is -1.50. The molecule has 39 heavy (non-hydrogen) atoms. The van der Waals surface area contributed by atoms with Crippen LogP contribution in [-0.2, 0) is 29.1 Å². The van der Waals surface area contributed by atoms with E-state index in [-0.39, 0.29) is 20.2 Å². The van der Waals surface area contributed by atoms with Crippen molar-refractivity contribution >= 4 is 45.1 Å². The van der Waals surface area contributed by atoms with Gasteiger partial charge in [0.25, 0.3) is 0 Å². The van der Waals surface area contributed by atoms with Crippen molar-refractivity contribution in [3.05, 3.63) is 59.7 Å². The topological polar surface area (TPSA) is 97.8 Å². The molecule has 2 aromatic carbocycles. The van der Waals surface area contributed by atoms with Crippen LogP contribution in [0.4, 0.5) is 0 Å². The highest BCUT2D eigenvalue weighted by atomic mass is 32.2. The van der Waals surface area contributed by atoms with E-state index in [1.54, 1.807) is 48.5 Å². The maximum absolute atomic E-state index is 13.6. The van der Waals surface area contributed by atoms with Gasteiger partial charge in [-0.25, -0.2) is 16.8 Å². The predicted molar refractivity (Wildman–Crippen MR) is 161 cm³/mol. The van der Waals surface area contributed by atoms with Gasteiger partial charge in [0.1, 0.15) is 0 Å². The molecule has 0 amide bonds. The second-order valence-electron chi connectivity index (χ2n) is 10.4. The Kier molecular flexibility index (Phi) is 10.7. The number of hydrogen-bond donors (Lipinski definition) is 0. The van der Waals surface area contributed by atoms with E-state index in [1.807, 2.05) is 13.8 Å². The summed E-state index contributed by atoms with van der Waals surface area (Å²) in [5, 5.41) is -0.489. The molecule has 1 fully saturated rings. The number of carbonyl (C=O) groups is 1. The standard InChI is InChI=1S/C28H41NO6S3Si/c1-7-39(8-2,9-3)35-27(23-14-18-24(19-15-23)37(6,31)32)22(5)36-28(30)26-11-10-20-29(26)38(33,34)25-16-12-21(4)13-17-25/h12-19,22,26-27H,7-11,20H2,1-6H3/t22?,26-,27?/m1/s1. The van der Waals surface area contributed by atoms with E-state index >= 15 is 0 Å². The number of aryl methyl sites for hydroxylation is 1. The van der Waals surface area contributed by atoms with E-state index in [0.717, 1.165) is 41.0 Å². The average molecular weight is 612 g/mol. The third-order valence-corrected chi connectivity index (χ3v) is 16.6. The van der Waals surface area contributed by atoms with Crippen molar-refractivity contribution in [3.8, 4) is 0 Å². The van der Waals surface area contributed by atoms with E-state index in [1.165, 1.54) is 10.6 Å². The largest absolute Gasteiger partial charge is 0.409 e. The molecule has 3 atom stereocenters. The van der Waals surface area contributed by atoms with Gasteiger partial charge in [-0.05, 0) is 67.7 Å². The van der Waals surface area contributed by atoms with Crippen molar-refractivity contribution in [2.45, 2.75) is 92.8 Å². The fraction of sp³-hybridized carbons (Fsp3) is 0.536. The lowest BCUT2D eigenvalue weighted by Crippen LogP contribution is -2.41. The SMILES string of the molecule is CC[Si](CC)(CC)OC(c1ccc(S(C)(=O)=O)cc1)C(C)SC(=O)[C@H]1CCCN1S(=O)(=O)c1ccc(C)cc1. The Labute approximate surface area is 239 Å². The van der Waals surface area contributed by atoms with Crippen LogP contribution in [0.15, 0.2) is 58.3 Å². The molecular weight excluding hydrogens is 571 g/mol. The van der Waals surface area contributed by atoms with Crippen LogP contribution < -0.4 is 0 Å². The zero-order valence-corrected chi connectivity index (χ0v) is 27.2. The highest BCUT2D eigenvalue weighted by molar-refractivity contribution is 8.14. The van der Waals surface area contributed by atoms with Crippen molar-refractivity contribution in [2.24, 2.45) is 0 Å². The minimum atomic E-state index is -3.80. The Morgan fingerprint density at radius 2 is 1.51 bits per heavy atom. The van der Waals surface area contributed by atoms with Gasteiger partial charge in [0.05, 0.1) is 21.9 Å². The van der Waals surface area contributed by atoms with Gasteiger partial charge in [0, 0.05) is 18.1 Å². The first-order valence-corrected chi connectivity index (χ1v) is 20.3. The molecule has 0 N–H and O–H groups in total. The maximum Gasteiger partial charge on any atom is 0.243 e. The zero-order valence-electron chi connectivity index (χ0n) is 23.7. The van der Waals surface area contributed by atoms with Crippen LogP contribution in [0.5, 0.6) is 0 Å². The van der Waals surface area contributed by atoms with Gasteiger partial charge in [0.15, 0.2) is 18.2 Å². The van der Waals surface area contributed by atoms with Crippen molar-refractivity contribution in [2.75, 3.05) is 12.8 Å². The summed E-state index contributed by atoms with van der Waals surface area (Å²) in [6.45, 7) is 10.6. The van der Waals surface area contributed by atoms with Crippen LogP contribution in [0.1, 0.15) is 57.8 Å². The molecule has 1 heterocycles. The number of rotatable bonds is 12. The maximum atomic E-state index is 13.6. The normalized spacial score (nSPS) is 18.7. The molecule has 1 aliphatic rings. The highest BCUT2D eigenvalue weighted by Gasteiger charge is 2.41. The average Bonchev–Trinajstić information content (AvgIpc) is 3.41. The summed E-state index contributed by atoms with van der Waals surface area (Å²) in [7, 11) is -9.24. The number of carbonyl (C=O) groups excluding carboxylic acids is 1. The quantitative estimate of drug-likeness (QED) is 0.273. The van der Waals surface area contributed by atoms with Gasteiger partial charge >= 0.3 is 0 Å². The highest BCUT2D eigenvalue weighted by Crippen LogP contribution is 2.39. The first kappa shape index (κ1) is 32.0. The van der Waals surface area contributed by atoms with Crippen molar-refractivity contribution in [1.82, 2.24) is 4.31 Å². The predicted octanol–water partition coefficient (Wildman–Crippen LogP) is 5.96. The van der Waals surface area contributed by atoms with Gasteiger partial charge in [-0.2, -0.15) is 4.31 Å².